The number of methoxy groups -OCH3 is 2. The van der Waals surface area contributed by atoms with E-state index in [1.54, 1.807) is 14.2 Å². The molecule has 188 valence electrons. The van der Waals surface area contributed by atoms with Gasteiger partial charge in [0.1, 0.15) is 11.4 Å². The van der Waals surface area contributed by atoms with Gasteiger partial charge in [-0.2, -0.15) is 0 Å². The molecule has 0 radical (unpaired) electrons. The molecule has 6 nitrogen and oxygen atoms in total. The number of halogens is 2. The molecule has 1 aliphatic carbocycles. The van der Waals surface area contributed by atoms with Gasteiger partial charge < -0.3 is 24.4 Å². The van der Waals surface area contributed by atoms with Crippen molar-refractivity contribution in [3.05, 3.63) is 64.2 Å². The van der Waals surface area contributed by atoms with E-state index in [9.17, 15) is 13.6 Å². The zero-order valence-corrected chi connectivity index (χ0v) is 20.2. The third kappa shape index (κ3) is 4.55. The number of carbonyl (C=O) groups excluding carboxylic acids is 1. The van der Waals surface area contributed by atoms with Crippen molar-refractivity contribution in [3.8, 4) is 5.75 Å². The third-order valence-corrected chi connectivity index (χ3v) is 7.52. The first-order chi connectivity index (χ1) is 17.0. The van der Waals surface area contributed by atoms with Crippen molar-refractivity contribution in [1.29, 1.82) is 0 Å². The van der Waals surface area contributed by atoms with Gasteiger partial charge >= 0.3 is 0 Å². The lowest BCUT2D eigenvalue weighted by molar-refractivity contribution is -0.157. The van der Waals surface area contributed by atoms with Crippen LogP contribution < -0.4 is 10.1 Å². The van der Waals surface area contributed by atoms with Crippen molar-refractivity contribution >= 4 is 5.91 Å². The fraction of sp³-hybridized carbons (Fsp3) is 0.519. The molecule has 2 aliphatic heterocycles. The summed E-state index contributed by atoms with van der Waals surface area (Å²) in [5.74, 6) is -1.62. The van der Waals surface area contributed by atoms with Crippen LogP contribution >= 0.6 is 0 Å². The second-order valence-corrected chi connectivity index (χ2v) is 9.69. The largest absolute Gasteiger partial charge is 0.496 e. The number of rotatable bonds is 8. The summed E-state index contributed by atoms with van der Waals surface area (Å²) in [5.41, 5.74) is 2.33. The highest BCUT2D eigenvalue weighted by molar-refractivity contribution is 5.82. The predicted octanol–water partition coefficient (Wildman–Crippen LogP) is 3.69. The molecule has 2 atom stereocenters. The number of benzene rings is 2. The van der Waals surface area contributed by atoms with Gasteiger partial charge in [-0.3, -0.25) is 4.79 Å². The highest BCUT2D eigenvalue weighted by atomic mass is 19.2. The first-order valence-corrected chi connectivity index (χ1v) is 12.2. The van der Waals surface area contributed by atoms with E-state index >= 15 is 0 Å². The number of amides is 1. The Morgan fingerprint density at radius 2 is 2.00 bits per heavy atom. The maximum Gasteiger partial charge on any atom is 0.230 e. The Morgan fingerprint density at radius 1 is 1.20 bits per heavy atom. The minimum absolute atomic E-state index is 0.0263. The van der Waals surface area contributed by atoms with Crippen LogP contribution in [0.15, 0.2) is 30.3 Å². The van der Waals surface area contributed by atoms with Crippen LogP contribution in [0.2, 0.25) is 0 Å². The van der Waals surface area contributed by atoms with Crippen LogP contribution in [0.1, 0.15) is 41.5 Å². The summed E-state index contributed by atoms with van der Waals surface area (Å²) in [7, 11) is 3.31. The monoisotopic (exact) mass is 486 g/mol. The summed E-state index contributed by atoms with van der Waals surface area (Å²) in [6.45, 7) is 2.27. The Labute approximate surface area is 204 Å². The fourth-order valence-corrected chi connectivity index (χ4v) is 5.51. The van der Waals surface area contributed by atoms with E-state index in [0.29, 0.717) is 43.8 Å². The molecule has 5 rings (SSSR count). The van der Waals surface area contributed by atoms with E-state index < -0.39 is 23.2 Å². The summed E-state index contributed by atoms with van der Waals surface area (Å²) in [6.07, 6.45) is 3.19. The summed E-state index contributed by atoms with van der Waals surface area (Å²) in [6, 6.07) is 8.62. The molecular weight excluding hydrogens is 454 g/mol. The Morgan fingerprint density at radius 3 is 2.74 bits per heavy atom. The standard InChI is InChI=1S/C27H32F2N2O4/c1-33-10-7-17-3-6-25(34-2)18(11-17)15-31(20-4-5-20)26(32)22-14-30-9-8-27(22)21-13-24(29)23(28)12-19(21)16-35-27/h3,6,11-13,20,22,30H,4-5,7-10,14-16H2,1-2H3/t22?,27-/m0/s1. The molecule has 1 N–H and O–H groups in total. The quantitative estimate of drug-likeness (QED) is 0.617. The first kappa shape index (κ1) is 24.2. The number of nitrogens with one attached hydrogen (secondary N) is 1. The normalized spacial score (nSPS) is 23.4. The van der Waals surface area contributed by atoms with Crippen molar-refractivity contribution in [2.45, 2.75) is 50.5 Å². The molecule has 1 unspecified atom stereocenters. The Balaban J connectivity index is 1.46. The molecule has 2 aromatic rings. The zero-order valence-electron chi connectivity index (χ0n) is 20.2. The van der Waals surface area contributed by atoms with E-state index in [1.807, 2.05) is 17.0 Å². The van der Waals surface area contributed by atoms with Crippen molar-refractivity contribution < 1.29 is 27.8 Å². The summed E-state index contributed by atoms with van der Waals surface area (Å²) < 4.78 is 45.3. The molecule has 8 heteroatoms. The molecule has 0 aromatic heterocycles. The van der Waals surface area contributed by atoms with E-state index in [0.717, 1.165) is 36.1 Å². The number of nitrogens with zero attached hydrogens (tertiary/aromatic N) is 1. The van der Waals surface area contributed by atoms with Gasteiger partial charge in [0.15, 0.2) is 11.6 Å². The van der Waals surface area contributed by atoms with Gasteiger partial charge in [-0.25, -0.2) is 8.78 Å². The average Bonchev–Trinajstić information content (AvgIpc) is 3.66. The lowest BCUT2D eigenvalue weighted by atomic mass is 9.75. The van der Waals surface area contributed by atoms with Crippen molar-refractivity contribution in [2.75, 3.05) is 33.9 Å². The maximum absolute atomic E-state index is 14.3. The van der Waals surface area contributed by atoms with E-state index in [1.165, 1.54) is 12.1 Å². The summed E-state index contributed by atoms with van der Waals surface area (Å²) >= 11 is 0. The zero-order chi connectivity index (χ0) is 24.6. The van der Waals surface area contributed by atoms with Crippen LogP contribution in [0.4, 0.5) is 8.78 Å². The fourth-order valence-electron chi connectivity index (χ4n) is 5.51. The van der Waals surface area contributed by atoms with Crippen LogP contribution in [0.5, 0.6) is 5.75 Å². The van der Waals surface area contributed by atoms with Gasteiger partial charge in [0.2, 0.25) is 5.91 Å². The van der Waals surface area contributed by atoms with Gasteiger partial charge in [0.05, 0.1) is 26.2 Å². The molecule has 0 bridgehead atoms. The molecule has 3 aliphatic rings. The molecular formula is C27H32F2N2O4. The Kier molecular flexibility index (Phi) is 6.79. The van der Waals surface area contributed by atoms with Crippen LogP contribution in [-0.4, -0.2) is 50.8 Å². The molecule has 35 heavy (non-hydrogen) atoms. The number of ether oxygens (including phenoxy) is 3. The van der Waals surface area contributed by atoms with Crippen molar-refractivity contribution in [2.24, 2.45) is 5.92 Å². The second-order valence-electron chi connectivity index (χ2n) is 9.69. The van der Waals surface area contributed by atoms with Crippen molar-refractivity contribution in [3.63, 3.8) is 0 Å². The topological polar surface area (TPSA) is 60.0 Å². The smallest absolute Gasteiger partial charge is 0.230 e. The van der Waals surface area contributed by atoms with E-state index in [-0.39, 0.29) is 18.6 Å². The Bertz CT molecular complexity index is 1110. The number of piperidine rings is 1. The molecule has 2 aromatic carbocycles. The lowest BCUT2D eigenvalue weighted by Crippen LogP contribution is -2.55. The molecule has 1 saturated heterocycles. The maximum atomic E-state index is 14.3. The van der Waals surface area contributed by atoms with Crippen LogP contribution in [0.25, 0.3) is 0 Å². The lowest BCUT2D eigenvalue weighted by Gasteiger charge is -2.43. The van der Waals surface area contributed by atoms with Gasteiger partial charge in [-0.05, 0) is 67.1 Å². The first-order valence-electron chi connectivity index (χ1n) is 12.2. The number of hydrogen-bond acceptors (Lipinski definition) is 5. The highest BCUT2D eigenvalue weighted by Crippen LogP contribution is 2.48. The number of hydrogen-bond donors (Lipinski definition) is 1. The van der Waals surface area contributed by atoms with Crippen LogP contribution in [0, 0.1) is 17.6 Å². The van der Waals surface area contributed by atoms with E-state index in [2.05, 4.69) is 11.4 Å². The Hall–Kier alpha value is -2.55. The summed E-state index contributed by atoms with van der Waals surface area (Å²) in [4.78, 5) is 16.1. The number of fused-ring (bicyclic) bond motifs is 2. The van der Waals surface area contributed by atoms with Crippen molar-refractivity contribution in [1.82, 2.24) is 10.2 Å². The molecule has 1 saturated carbocycles. The van der Waals surface area contributed by atoms with Gasteiger partial charge in [0, 0.05) is 31.8 Å². The third-order valence-electron chi connectivity index (χ3n) is 7.52. The minimum atomic E-state index is -0.955. The SMILES string of the molecule is COCCc1ccc(OC)c(CN(C(=O)C2CNCC[C@@]23OCc2cc(F)c(F)cc23)C2CC2)c1. The molecule has 1 spiro atoms. The van der Waals surface area contributed by atoms with E-state index in [4.69, 9.17) is 14.2 Å². The second kappa shape index (κ2) is 9.84. The highest BCUT2D eigenvalue weighted by Gasteiger charge is 2.53. The molecule has 1 amide bonds. The summed E-state index contributed by atoms with van der Waals surface area (Å²) in [5, 5.41) is 3.32. The molecule has 2 heterocycles. The predicted molar refractivity (Wildman–Crippen MR) is 126 cm³/mol. The van der Waals surface area contributed by atoms with Gasteiger partial charge in [0.25, 0.3) is 0 Å². The van der Waals surface area contributed by atoms with Crippen LogP contribution in [0.3, 0.4) is 0 Å². The average molecular weight is 487 g/mol. The van der Waals surface area contributed by atoms with Gasteiger partial charge in [-0.15, -0.1) is 0 Å². The minimum Gasteiger partial charge on any atom is -0.496 e. The number of carbonyl (C=O) groups is 1. The molecule has 2 fully saturated rings. The van der Waals surface area contributed by atoms with Crippen LogP contribution in [-0.2, 0) is 39.4 Å². The van der Waals surface area contributed by atoms with Gasteiger partial charge in [-0.1, -0.05) is 12.1 Å².